The molecule has 35 heavy (non-hydrogen) atoms. The number of aromatic nitrogens is 1. The van der Waals surface area contributed by atoms with Crippen LogP contribution in [-0.2, 0) is 14.8 Å². The molecule has 2 fully saturated rings. The second kappa shape index (κ2) is 9.64. The van der Waals surface area contributed by atoms with Crippen LogP contribution in [0.3, 0.4) is 0 Å². The number of piperidine rings is 1. The Morgan fingerprint density at radius 2 is 1.80 bits per heavy atom. The number of nitrogens with zero attached hydrogens (tertiary/aromatic N) is 2. The maximum absolute atomic E-state index is 13.4. The summed E-state index contributed by atoms with van der Waals surface area (Å²) in [4.78, 5) is 18.8. The number of methoxy groups -OCH3 is 1. The predicted molar refractivity (Wildman–Crippen MR) is 133 cm³/mol. The van der Waals surface area contributed by atoms with Crippen molar-refractivity contribution in [1.82, 2.24) is 14.2 Å². The number of hydrogen-bond donors (Lipinski definition) is 1. The number of hydrogen-bond acceptors (Lipinski definition) is 5. The number of nitrogens with one attached hydrogen (secondary N) is 1. The number of H-pyrrole nitrogens is 1. The van der Waals surface area contributed by atoms with Crippen molar-refractivity contribution < 1.29 is 22.7 Å². The van der Waals surface area contributed by atoms with E-state index in [1.807, 2.05) is 24.0 Å². The van der Waals surface area contributed by atoms with Crippen molar-refractivity contribution in [3.8, 4) is 5.75 Å². The van der Waals surface area contributed by atoms with Crippen LogP contribution in [0.2, 0.25) is 0 Å². The van der Waals surface area contributed by atoms with Crippen LogP contribution in [0, 0.1) is 6.92 Å². The lowest BCUT2D eigenvalue weighted by Crippen LogP contribution is -2.41. The molecule has 0 bridgehead atoms. The first-order valence-electron chi connectivity index (χ1n) is 12.0. The standard InChI is InChI=1S/C26H31N3O5S/c1-18-3-5-21(35(31,32)29-11-13-34-14-12-29)16-22(18)26(30)28-9-7-19(8-10-28)24-17-27-25-6-4-20(33-2)15-23(24)25/h3-6,15-17,19,27H,7-14H2,1-2H3. The first-order chi connectivity index (χ1) is 16.9. The molecule has 3 aromatic rings. The van der Waals surface area contributed by atoms with Gasteiger partial charge in [-0.25, -0.2) is 8.42 Å². The second-order valence-corrected chi connectivity index (χ2v) is 11.2. The van der Waals surface area contributed by atoms with Crippen LogP contribution in [0.5, 0.6) is 5.75 Å². The lowest BCUT2D eigenvalue weighted by molar-refractivity contribution is 0.0711. The van der Waals surface area contributed by atoms with Crippen LogP contribution in [-0.4, -0.2) is 75.0 Å². The van der Waals surface area contributed by atoms with E-state index >= 15 is 0 Å². The Morgan fingerprint density at radius 3 is 2.51 bits per heavy atom. The van der Waals surface area contributed by atoms with Crippen molar-refractivity contribution in [2.75, 3.05) is 46.5 Å². The topological polar surface area (TPSA) is 91.9 Å². The van der Waals surface area contributed by atoms with Gasteiger partial charge in [-0.3, -0.25) is 4.79 Å². The molecule has 0 unspecified atom stereocenters. The fourth-order valence-electron chi connectivity index (χ4n) is 5.08. The van der Waals surface area contributed by atoms with E-state index in [2.05, 4.69) is 17.2 Å². The molecule has 2 saturated heterocycles. The number of carbonyl (C=O) groups excluding carboxylic acids is 1. The highest BCUT2D eigenvalue weighted by atomic mass is 32.2. The molecule has 2 aromatic carbocycles. The first-order valence-corrected chi connectivity index (χ1v) is 13.5. The molecule has 1 amide bonds. The van der Waals surface area contributed by atoms with E-state index in [0.717, 1.165) is 35.1 Å². The van der Waals surface area contributed by atoms with E-state index in [9.17, 15) is 13.2 Å². The monoisotopic (exact) mass is 497 g/mol. The fraction of sp³-hybridized carbons (Fsp3) is 0.423. The molecular weight excluding hydrogens is 466 g/mol. The van der Waals surface area contributed by atoms with Crippen LogP contribution in [0.15, 0.2) is 47.5 Å². The minimum Gasteiger partial charge on any atom is -0.497 e. The minimum absolute atomic E-state index is 0.111. The molecule has 8 nitrogen and oxygen atoms in total. The molecule has 0 atom stereocenters. The number of carbonyl (C=O) groups is 1. The van der Waals surface area contributed by atoms with Crippen LogP contribution >= 0.6 is 0 Å². The number of amides is 1. The Bertz CT molecular complexity index is 1340. The maximum Gasteiger partial charge on any atom is 0.254 e. The van der Waals surface area contributed by atoms with Crippen molar-refractivity contribution >= 4 is 26.8 Å². The molecule has 9 heteroatoms. The third-order valence-electron chi connectivity index (χ3n) is 7.19. The van der Waals surface area contributed by atoms with Gasteiger partial charge in [-0.15, -0.1) is 0 Å². The average molecular weight is 498 g/mol. The van der Waals surface area contributed by atoms with Crippen LogP contribution < -0.4 is 4.74 Å². The van der Waals surface area contributed by atoms with Gasteiger partial charge in [0.2, 0.25) is 10.0 Å². The molecule has 0 saturated carbocycles. The molecule has 186 valence electrons. The van der Waals surface area contributed by atoms with E-state index in [-0.39, 0.29) is 10.8 Å². The molecule has 1 N–H and O–H groups in total. The van der Waals surface area contributed by atoms with E-state index in [0.29, 0.717) is 50.9 Å². The predicted octanol–water partition coefficient (Wildman–Crippen LogP) is 3.53. The van der Waals surface area contributed by atoms with Gasteiger partial charge in [-0.1, -0.05) is 6.07 Å². The summed E-state index contributed by atoms with van der Waals surface area (Å²) in [6, 6.07) is 10.9. The Morgan fingerprint density at radius 1 is 1.06 bits per heavy atom. The summed E-state index contributed by atoms with van der Waals surface area (Å²) >= 11 is 0. The van der Waals surface area contributed by atoms with E-state index in [4.69, 9.17) is 9.47 Å². The zero-order valence-electron chi connectivity index (χ0n) is 20.1. The number of morpholine rings is 1. The number of fused-ring (bicyclic) bond motifs is 1. The third-order valence-corrected chi connectivity index (χ3v) is 9.08. The third kappa shape index (κ3) is 4.55. The van der Waals surface area contributed by atoms with Crippen LogP contribution in [0.25, 0.3) is 10.9 Å². The number of ether oxygens (including phenoxy) is 2. The molecule has 0 aliphatic carbocycles. The maximum atomic E-state index is 13.4. The molecule has 2 aliphatic rings. The SMILES string of the molecule is COc1ccc2[nH]cc(C3CCN(C(=O)c4cc(S(=O)(=O)N5CCOCC5)ccc4C)CC3)c2c1. The zero-order valence-corrected chi connectivity index (χ0v) is 20.9. The van der Waals surface area contributed by atoms with Gasteiger partial charge >= 0.3 is 0 Å². The lowest BCUT2D eigenvalue weighted by Gasteiger charge is -2.32. The van der Waals surface area contributed by atoms with Gasteiger partial charge < -0.3 is 19.4 Å². The molecule has 3 heterocycles. The van der Waals surface area contributed by atoms with Crippen LogP contribution in [0.4, 0.5) is 0 Å². The Labute approximate surface area is 205 Å². The van der Waals surface area contributed by atoms with E-state index in [1.54, 1.807) is 25.3 Å². The van der Waals surface area contributed by atoms with Gasteiger partial charge in [-0.05, 0) is 67.1 Å². The smallest absolute Gasteiger partial charge is 0.254 e. The molecule has 1 aromatic heterocycles. The number of likely N-dealkylation sites (tertiary alicyclic amines) is 1. The summed E-state index contributed by atoms with van der Waals surface area (Å²) in [6.45, 7) is 4.52. The molecule has 5 rings (SSSR count). The van der Waals surface area contributed by atoms with Gasteiger partial charge in [-0.2, -0.15) is 4.31 Å². The number of rotatable bonds is 5. The Hall–Kier alpha value is -2.88. The van der Waals surface area contributed by atoms with E-state index < -0.39 is 10.0 Å². The molecule has 2 aliphatic heterocycles. The summed E-state index contributed by atoms with van der Waals surface area (Å²) in [5.41, 5.74) is 3.56. The van der Waals surface area contributed by atoms with Crippen molar-refractivity contribution in [1.29, 1.82) is 0 Å². The largest absolute Gasteiger partial charge is 0.497 e. The first kappa shape index (κ1) is 23.8. The van der Waals surface area contributed by atoms with Gasteiger partial charge in [0.25, 0.3) is 5.91 Å². The van der Waals surface area contributed by atoms with Gasteiger partial charge in [0, 0.05) is 48.8 Å². The van der Waals surface area contributed by atoms with Gasteiger partial charge in [0.05, 0.1) is 25.2 Å². The summed E-state index contributed by atoms with van der Waals surface area (Å²) in [6.07, 6.45) is 3.76. The summed E-state index contributed by atoms with van der Waals surface area (Å²) in [7, 11) is -1.99. The molecule has 0 radical (unpaired) electrons. The lowest BCUT2D eigenvalue weighted by atomic mass is 9.89. The quantitative estimate of drug-likeness (QED) is 0.582. The fourth-order valence-corrected chi connectivity index (χ4v) is 6.51. The summed E-state index contributed by atoms with van der Waals surface area (Å²) < 4.78 is 38.3. The average Bonchev–Trinajstić information content (AvgIpc) is 3.32. The number of aryl methyl sites for hydroxylation is 1. The van der Waals surface area contributed by atoms with Gasteiger partial charge in [0.1, 0.15) is 5.75 Å². The number of benzene rings is 2. The van der Waals surface area contributed by atoms with Crippen molar-refractivity contribution in [2.24, 2.45) is 0 Å². The highest BCUT2D eigenvalue weighted by Gasteiger charge is 2.30. The molecular formula is C26H31N3O5S. The van der Waals surface area contributed by atoms with Crippen LogP contribution in [0.1, 0.15) is 40.2 Å². The Kier molecular flexibility index (Phi) is 6.57. The summed E-state index contributed by atoms with van der Waals surface area (Å²) in [5.74, 6) is 1.06. The van der Waals surface area contributed by atoms with Gasteiger partial charge in [0.15, 0.2) is 0 Å². The number of sulfonamides is 1. The summed E-state index contributed by atoms with van der Waals surface area (Å²) in [5, 5.41) is 1.16. The Balaban J connectivity index is 1.32. The van der Waals surface area contributed by atoms with Crippen molar-refractivity contribution in [3.63, 3.8) is 0 Å². The van der Waals surface area contributed by atoms with Crippen molar-refractivity contribution in [2.45, 2.75) is 30.6 Å². The molecule has 0 spiro atoms. The normalized spacial score (nSPS) is 18.2. The highest BCUT2D eigenvalue weighted by Crippen LogP contribution is 2.35. The van der Waals surface area contributed by atoms with E-state index in [1.165, 1.54) is 9.87 Å². The minimum atomic E-state index is -3.66. The second-order valence-electron chi connectivity index (χ2n) is 9.22. The van der Waals surface area contributed by atoms with Crippen molar-refractivity contribution in [3.05, 3.63) is 59.3 Å². The zero-order chi connectivity index (χ0) is 24.6. The highest BCUT2D eigenvalue weighted by molar-refractivity contribution is 7.89. The number of aromatic amines is 1.